The molecule has 0 aliphatic carbocycles. The maximum Gasteiger partial charge on any atom is 0.232 e. The van der Waals surface area contributed by atoms with Crippen molar-refractivity contribution in [3.63, 3.8) is 0 Å². The fourth-order valence-electron chi connectivity index (χ4n) is 3.32. The maximum absolute atomic E-state index is 13.1. The molecule has 1 aliphatic rings. The number of hydrogen-bond donors (Lipinski definition) is 0. The van der Waals surface area contributed by atoms with Crippen LogP contribution in [0.1, 0.15) is 18.2 Å². The van der Waals surface area contributed by atoms with E-state index >= 15 is 0 Å². The molecule has 0 radical (unpaired) electrons. The lowest BCUT2D eigenvalue weighted by Gasteiger charge is -2.15. The van der Waals surface area contributed by atoms with Gasteiger partial charge in [0, 0.05) is 18.7 Å². The Hall–Kier alpha value is -3.42. The van der Waals surface area contributed by atoms with Crippen LogP contribution in [0, 0.1) is 5.82 Å². The van der Waals surface area contributed by atoms with E-state index in [0.29, 0.717) is 41.0 Å². The van der Waals surface area contributed by atoms with Gasteiger partial charge < -0.3 is 18.9 Å². The third kappa shape index (κ3) is 3.17. The van der Waals surface area contributed by atoms with Gasteiger partial charge in [0.15, 0.2) is 11.5 Å². The van der Waals surface area contributed by atoms with Crippen LogP contribution in [0.5, 0.6) is 11.5 Å². The Labute approximate surface area is 160 Å². The van der Waals surface area contributed by atoms with Crippen LogP contribution in [0.4, 0.5) is 10.1 Å². The van der Waals surface area contributed by atoms with Crippen LogP contribution in [0.15, 0.2) is 47.0 Å². The summed E-state index contributed by atoms with van der Waals surface area (Å²) >= 11 is 0. The van der Waals surface area contributed by atoms with E-state index in [0.717, 1.165) is 0 Å². The molecule has 2 aromatic carbocycles. The number of methoxy groups -OCH3 is 2. The number of carbonyl (C=O) groups is 1. The topological polar surface area (TPSA) is 77.7 Å². The molecule has 1 saturated heterocycles. The number of amides is 1. The van der Waals surface area contributed by atoms with Crippen molar-refractivity contribution in [2.75, 3.05) is 25.7 Å². The van der Waals surface area contributed by atoms with Crippen LogP contribution in [-0.2, 0) is 4.79 Å². The number of para-hydroxylation sites is 1. The first-order chi connectivity index (χ1) is 13.6. The van der Waals surface area contributed by atoms with Crippen molar-refractivity contribution in [3.8, 4) is 22.9 Å². The third-order valence-electron chi connectivity index (χ3n) is 4.70. The maximum atomic E-state index is 13.1. The van der Waals surface area contributed by atoms with Gasteiger partial charge in [-0.15, -0.1) is 0 Å². The minimum Gasteiger partial charge on any atom is -0.493 e. The van der Waals surface area contributed by atoms with E-state index in [1.165, 1.54) is 12.1 Å². The Morgan fingerprint density at radius 3 is 2.64 bits per heavy atom. The van der Waals surface area contributed by atoms with Crippen LogP contribution >= 0.6 is 0 Å². The lowest BCUT2D eigenvalue weighted by molar-refractivity contribution is -0.117. The summed E-state index contributed by atoms with van der Waals surface area (Å²) in [5, 5.41) is 4.05. The summed E-state index contributed by atoms with van der Waals surface area (Å²) < 4.78 is 29.3. The largest absolute Gasteiger partial charge is 0.493 e. The Balaban J connectivity index is 1.59. The quantitative estimate of drug-likeness (QED) is 0.672. The van der Waals surface area contributed by atoms with Gasteiger partial charge in [-0.2, -0.15) is 4.98 Å². The van der Waals surface area contributed by atoms with Gasteiger partial charge in [0.05, 0.1) is 25.7 Å². The molecule has 1 aliphatic heterocycles. The number of anilines is 1. The summed E-state index contributed by atoms with van der Waals surface area (Å²) in [5.41, 5.74) is 1.28. The Bertz CT molecular complexity index is 1000. The molecule has 1 fully saturated rings. The van der Waals surface area contributed by atoms with E-state index in [-0.39, 0.29) is 24.1 Å². The van der Waals surface area contributed by atoms with Crippen LogP contribution in [0.3, 0.4) is 0 Å². The van der Waals surface area contributed by atoms with Gasteiger partial charge in [-0.25, -0.2) is 4.39 Å². The minimum atomic E-state index is -0.347. The molecular weight excluding hydrogens is 365 g/mol. The van der Waals surface area contributed by atoms with Gasteiger partial charge in [-0.05, 0) is 36.4 Å². The monoisotopic (exact) mass is 383 g/mol. The number of nitrogens with zero attached hydrogens (tertiary/aromatic N) is 3. The van der Waals surface area contributed by atoms with E-state index in [4.69, 9.17) is 14.0 Å². The van der Waals surface area contributed by atoms with Crippen LogP contribution < -0.4 is 14.4 Å². The van der Waals surface area contributed by atoms with E-state index in [1.807, 2.05) is 6.07 Å². The van der Waals surface area contributed by atoms with Gasteiger partial charge in [0.25, 0.3) is 0 Å². The number of hydrogen-bond acceptors (Lipinski definition) is 6. The number of rotatable bonds is 5. The summed E-state index contributed by atoms with van der Waals surface area (Å²) in [6, 6.07) is 11.2. The predicted octanol–water partition coefficient (Wildman–Crippen LogP) is 3.41. The van der Waals surface area contributed by atoms with Crippen molar-refractivity contribution >= 4 is 11.6 Å². The molecule has 144 valence electrons. The second kappa shape index (κ2) is 7.30. The molecule has 1 amide bonds. The van der Waals surface area contributed by atoms with Crippen LogP contribution in [0.2, 0.25) is 0 Å². The highest BCUT2D eigenvalue weighted by Crippen LogP contribution is 2.38. The van der Waals surface area contributed by atoms with Gasteiger partial charge >= 0.3 is 0 Å². The van der Waals surface area contributed by atoms with Crippen molar-refractivity contribution in [3.05, 3.63) is 54.2 Å². The first-order valence-corrected chi connectivity index (χ1v) is 8.71. The lowest BCUT2D eigenvalue weighted by Crippen LogP contribution is -2.24. The number of carbonyl (C=O) groups excluding carboxylic acids is 1. The lowest BCUT2D eigenvalue weighted by atomic mass is 10.1. The van der Waals surface area contributed by atoms with Gasteiger partial charge in [-0.3, -0.25) is 4.79 Å². The molecule has 4 rings (SSSR count). The van der Waals surface area contributed by atoms with Crippen LogP contribution in [0.25, 0.3) is 11.4 Å². The van der Waals surface area contributed by atoms with Crippen molar-refractivity contribution < 1.29 is 23.2 Å². The summed E-state index contributed by atoms with van der Waals surface area (Å²) in [7, 11) is 3.09. The zero-order valence-corrected chi connectivity index (χ0v) is 15.4. The highest BCUT2D eigenvalue weighted by Gasteiger charge is 2.35. The number of benzene rings is 2. The van der Waals surface area contributed by atoms with E-state index < -0.39 is 0 Å². The van der Waals surface area contributed by atoms with Crippen molar-refractivity contribution in [1.82, 2.24) is 10.1 Å². The number of ether oxygens (including phenoxy) is 2. The van der Waals surface area contributed by atoms with Crippen molar-refractivity contribution in [1.29, 1.82) is 0 Å². The molecule has 28 heavy (non-hydrogen) atoms. The summed E-state index contributed by atoms with van der Waals surface area (Å²) in [5.74, 6) is 1.14. The highest BCUT2D eigenvalue weighted by molar-refractivity contribution is 5.96. The zero-order valence-electron chi connectivity index (χ0n) is 15.4. The average molecular weight is 383 g/mol. The van der Waals surface area contributed by atoms with Crippen LogP contribution in [-0.4, -0.2) is 36.8 Å². The highest BCUT2D eigenvalue weighted by atomic mass is 19.1. The van der Waals surface area contributed by atoms with Gasteiger partial charge in [0.1, 0.15) is 5.82 Å². The normalized spacial score (nSPS) is 16.5. The third-order valence-corrected chi connectivity index (χ3v) is 4.70. The minimum absolute atomic E-state index is 0.0738. The van der Waals surface area contributed by atoms with Gasteiger partial charge in [0.2, 0.25) is 17.6 Å². The fourth-order valence-corrected chi connectivity index (χ4v) is 3.32. The van der Waals surface area contributed by atoms with E-state index in [9.17, 15) is 9.18 Å². The summed E-state index contributed by atoms with van der Waals surface area (Å²) in [4.78, 5) is 18.5. The van der Waals surface area contributed by atoms with Crippen molar-refractivity contribution in [2.24, 2.45) is 0 Å². The first-order valence-electron chi connectivity index (χ1n) is 8.71. The number of aromatic nitrogens is 2. The second-order valence-corrected chi connectivity index (χ2v) is 6.38. The van der Waals surface area contributed by atoms with Gasteiger partial charge in [-0.1, -0.05) is 11.2 Å². The van der Waals surface area contributed by atoms with E-state index in [1.54, 1.807) is 43.4 Å². The molecule has 1 unspecified atom stereocenters. The van der Waals surface area contributed by atoms with E-state index in [2.05, 4.69) is 10.1 Å². The fraction of sp³-hybridized carbons (Fsp3) is 0.250. The number of halogens is 1. The predicted molar refractivity (Wildman–Crippen MR) is 98.9 cm³/mol. The Morgan fingerprint density at radius 1 is 1.14 bits per heavy atom. The molecule has 1 aromatic heterocycles. The zero-order chi connectivity index (χ0) is 19.7. The molecular formula is C20H18FN3O4. The average Bonchev–Trinajstić information content (AvgIpc) is 3.35. The second-order valence-electron chi connectivity index (χ2n) is 6.38. The Kier molecular flexibility index (Phi) is 4.68. The molecule has 0 bridgehead atoms. The summed E-state index contributed by atoms with van der Waals surface area (Å²) in [6.45, 7) is 0.390. The smallest absolute Gasteiger partial charge is 0.232 e. The molecule has 0 saturated carbocycles. The SMILES string of the molecule is COc1cccc(-c2noc(C3CC(=O)N(c4ccc(F)cc4)C3)n2)c1OC. The summed E-state index contributed by atoms with van der Waals surface area (Å²) in [6.07, 6.45) is 0.244. The molecule has 2 heterocycles. The van der Waals surface area contributed by atoms with Crippen molar-refractivity contribution in [2.45, 2.75) is 12.3 Å². The molecule has 0 N–H and O–H groups in total. The molecule has 8 heteroatoms. The molecule has 1 atom stereocenters. The Morgan fingerprint density at radius 2 is 1.93 bits per heavy atom. The molecule has 3 aromatic rings. The standard InChI is InChI=1S/C20H18FN3O4/c1-26-16-5-3-4-15(18(16)27-2)19-22-20(28-23-19)12-10-17(25)24(11-12)14-8-6-13(21)7-9-14/h3-9,12H,10-11H2,1-2H3. The first kappa shape index (κ1) is 18.0. The molecule has 0 spiro atoms. The molecule has 7 nitrogen and oxygen atoms in total.